The summed E-state index contributed by atoms with van der Waals surface area (Å²) >= 11 is 0. The van der Waals surface area contributed by atoms with Crippen LogP contribution in [0.2, 0.25) is 0 Å². The molecule has 1 amide bonds. The number of ether oxygens (including phenoxy) is 1. The maximum absolute atomic E-state index is 11.7. The van der Waals surface area contributed by atoms with Crippen LogP contribution in [0.25, 0.3) is 0 Å². The van der Waals surface area contributed by atoms with Crippen LogP contribution in [0.4, 0.5) is 4.79 Å². The molecule has 0 spiro atoms. The lowest BCUT2D eigenvalue weighted by Crippen LogP contribution is -2.30. The number of hydrogen-bond donors (Lipinski definition) is 4. The van der Waals surface area contributed by atoms with Crippen molar-refractivity contribution < 1.29 is 29.6 Å². The summed E-state index contributed by atoms with van der Waals surface area (Å²) in [5, 5.41) is 32.1. The minimum absolute atomic E-state index is 0.0707. The Morgan fingerprint density at radius 1 is 1.07 bits per heavy atom. The number of benzene rings is 2. The maximum atomic E-state index is 11.7. The number of carbonyl (C=O) groups excluding carboxylic acids is 1. The molecular weight excluding hydrogens is 350 g/mol. The molecule has 7 nitrogen and oxygen atoms in total. The molecule has 0 bridgehead atoms. The fourth-order valence-electron chi connectivity index (χ4n) is 2.67. The van der Waals surface area contributed by atoms with E-state index in [0.717, 1.165) is 5.56 Å². The number of alkyl carbamates (subject to hydrolysis) is 1. The van der Waals surface area contributed by atoms with Crippen LogP contribution < -0.4 is 5.32 Å². The molecule has 0 heterocycles. The van der Waals surface area contributed by atoms with E-state index in [1.54, 1.807) is 13.0 Å². The lowest BCUT2D eigenvalue weighted by atomic mass is 9.94. The zero-order valence-corrected chi connectivity index (χ0v) is 15.0. The SMILES string of the molecule is Cc1c(C(=O)O)cccc1C(O)C(O)CCNC(=O)OCc1ccccc1. The summed E-state index contributed by atoms with van der Waals surface area (Å²) in [6, 6.07) is 13.7. The first-order valence-electron chi connectivity index (χ1n) is 8.53. The summed E-state index contributed by atoms with van der Waals surface area (Å²) in [7, 11) is 0. The van der Waals surface area contributed by atoms with Crippen LogP contribution in [0, 0.1) is 6.92 Å². The molecule has 4 N–H and O–H groups in total. The largest absolute Gasteiger partial charge is 0.478 e. The molecule has 2 unspecified atom stereocenters. The molecule has 2 atom stereocenters. The topological polar surface area (TPSA) is 116 Å². The molecule has 0 radical (unpaired) electrons. The average molecular weight is 373 g/mol. The standard InChI is InChI=1S/C20H23NO6/c1-13-15(8-5-9-16(13)19(24)25)18(23)17(22)10-11-21-20(26)27-12-14-6-3-2-4-7-14/h2-9,17-18,22-23H,10-12H2,1H3,(H,21,26)(H,24,25). The van der Waals surface area contributed by atoms with E-state index in [-0.39, 0.29) is 25.1 Å². The van der Waals surface area contributed by atoms with Crippen molar-refractivity contribution in [2.45, 2.75) is 32.2 Å². The summed E-state index contributed by atoms with van der Waals surface area (Å²) < 4.78 is 5.06. The van der Waals surface area contributed by atoms with Crippen molar-refractivity contribution in [3.05, 3.63) is 70.8 Å². The van der Waals surface area contributed by atoms with E-state index in [9.17, 15) is 19.8 Å². The second-order valence-electron chi connectivity index (χ2n) is 6.11. The first-order valence-corrected chi connectivity index (χ1v) is 8.53. The molecule has 0 aliphatic carbocycles. The van der Waals surface area contributed by atoms with Gasteiger partial charge in [-0.2, -0.15) is 0 Å². The van der Waals surface area contributed by atoms with Crippen LogP contribution in [-0.4, -0.2) is 40.0 Å². The first kappa shape index (κ1) is 20.4. The van der Waals surface area contributed by atoms with Crippen LogP contribution in [-0.2, 0) is 11.3 Å². The van der Waals surface area contributed by atoms with Crippen molar-refractivity contribution in [2.24, 2.45) is 0 Å². The van der Waals surface area contributed by atoms with E-state index in [0.29, 0.717) is 11.1 Å². The molecule has 0 aromatic heterocycles. The fraction of sp³-hybridized carbons (Fsp3) is 0.300. The van der Waals surface area contributed by atoms with Crippen molar-refractivity contribution >= 4 is 12.1 Å². The highest BCUT2D eigenvalue weighted by molar-refractivity contribution is 5.89. The Morgan fingerprint density at radius 3 is 2.44 bits per heavy atom. The molecule has 0 aliphatic heterocycles. The van der Waals surface area contributed by atoms with Crippen LogP contribution in [0.3, 0.4) is 0 Å². The molecule has 0 fully saturated rings. The minimum Gasteiger partial charge on any atom is -0.478 e. The second-order valence-corrected chi connectivity index (χ2v) is 6.11. The van der Waals surface area contributed by atoms with Gasteiger partial charge in [0.05, 0.1) is 11.7 Å². The van der Waals surface area contributed by atoms with Crippen LogP contribution in [0.15, 0.2) is 48.5 Å². The molecule has 27 heavy (non-hydrogen) atoms. The highest BCUT2D eigenvalue weighted by Crippen LogP contribution is 2.24. The maximum Gasteiger partial charge on any atom is 0.407 e. The Balaban J connectivity index is 1.81. The van der Waals surface area contributed by atoms with Crippen molar-refractivity contribution in [1.29, 1.82) is 0 Å². The number of amides is 1. The van der Waals surface area contributed by atoms with Crippen LogP contribution in [0.5, 0.6) is 0 Å². The third kappa shape index (κ3) is 5.80. The highest BCUT2D eigenvalue weighted by Gasteiger charge is 2.22. The zero-order valence-electron chi connectivity index (χ0n) is 15.0. The smallest absolute Gasteiger partial charge is 0.407 e. The van der Waals surface area contributed by atoms with Gasteiger partial charge in [-0.25, -0.2) is 9.59 Å². The third-order valence-electron chi connectivity index (χ3n) is 4.21. The van der Waals surface area contributed by atoms with Gasteiger partial charge in [-0.15, -0.1) is 0 Å². The molecule has 0 saturated heterocycles. The Labute approximate surface area is 157 Å². The van der Waals surface area contributed by atoms with Crippen molar-refractivity contribution in [1.82, 2.24) is 5.32 Å². The van der Waals surface area contributed by atoms with E-state index in [1.165, 1.54) is 12.1 Å². The average Bonchev–Trinajstić information content (AvgIpc) is 2.66. The zero-order chi connectivity index (χ0) is 19.8. The summed E-state index contributed by atoms with van der Waals surface area (Å²) in [4.78, 5) is 22.8. The Kier molecular flexibility index (Phi) is 7.34. The fourth-order valence-corrected chi connectivity index (χ4v) is 2.67. The Hall–Kier alpha value is -2.90. The van der Waals surface area contributed by atoms with Gasteiger partial charge in [-0.3, -0.25) is 0 Å². The molecule has 0 aliphatic rings. The molecule has 2 aromatic rings. The normalized spacial score (nSPS) is 12.9. The molecule has 144 valence electrons. The lowest BCUT2D eigenvalue weighted by Gasteiger charge is -2.20. The summed E-state index contributed by atoms with van der Waals surface area (Å²) in [6.45, 7) is 1.82. The van der Waals surface area contributed by atoms with Gasteiger partial charge in [-0.05, 0) is 36.1 Å². The first-order chi connectivity index (χ1) is 12.9. The van der Waals surface area contributed by atoms with Gasteiger partial charge in [-0.1, -0.05) is 42.5 Å². The molecule has 0 saturated carbocycles. The quantitative estimate of drug-likeness (QED) is 0.565. The monoisotopic (exact) mass is 373 g/mol. The summed E-state index contributed by atoms with van der Waals surface area (Å²) in [6.07, 6.45) is -2.96. The predicted molar refractivity (Wildman–Crippen MR) is 98.4 cm³/mol. The third-order valence-corrected chi connectivity index (χ3v) is 4.21. The van der Waals surface area contributed by atoms with Gasteiger partial charge in [0.15, 0.2) is 0 Å². The van der Waals surface area contributed by atoms with Gasteiger partial charge in [0.2, 0.25) is 0 Å². The number of carboxylic acid groups (broad SMARTS) is 1. The summed E-state index contributed by atoms with van der Waals surface area (Å²) in [5.41, 5.74) is 1.67. The Bertz CT molecular complexity index is 777. The number of aliphatic hydroxyl groups excluding tert-OH is 2. The van der Waals surface area contributed by atoms with Gasteiger partial charge in [0, 0.05) is 6.54 Å². The van der Waals surface area contributed by atoms with E-state index in [2.05, 4.69) is 5.32 Å². The summed E-state index contributed by atoms with van der Waals surface area (Å²) in [5.74, 6) is -1.10. The van der Waals surface area contributed by atoms with Gasteiger partial charge in [0.25, 0.3) is 0 Å². The van der Waals surface area contributed by atoms with Gasteiger partial charge >= 0.3 is 12.1 Å². The molecule has 7 heteroatoms. The van der Waals surface area contributed by atoms with E-state index < -0.39 is 24.3 Å². The second kappa shape index (κ2) is 9.70. The number of rotatable bonds is 8. The van der Waals surface area contributed by atoms with E-state index in [4.69, 9.17) is 9.84 Å². The Morgan fingerprint density at radius 2 is 1.78 bits per heavy atom. The molecule has 2 rings (SSSR count). The van der Waals surface area contributed by atoms with Crippen molar-refractivity contribution in [3.63, 3.8) is 0 Å². The highest BCUT2D eigenvalue weighted by atomic mass is 16.5. The number of carbonyl (C=O) groups is 2. The van der Waals surface area contributed by atoms with Crippen molar-refractivity contribution in [3.8, 4) is 0 Å². The number of nitrogens with one attached hydrogen (secondary N) is 1. The number of carboxylic acids is 1. The van der Waals surface area contributed by atoms with Crippen LogP contribution in [0.1, 0.15) is 39.6 Å². The number of aliphatic hydroxyl groups is 2. The van der Waals surface area contributed by atoms with Gasteiger partial charge in [0.1, 0.15) is 12.7 Å². The lowest BCUT2D eigenvalue weighted by molar-refractivity contribution is 0.0132. The molecule has 2 aromatic carbocycles. The minimum atomic E-state index is -1.26. The van der Waals surface area contributed by atoms with Crippen molar-refractivity contribution in [2.75, 3.05) is 6.54 Å². The van der Waals surface area contributed by atoms with Crippen LogP contribution >= 0.6 is 0 Å². The number of hydrogen-bond acceptors (Lipinski definition) is 5. The number of aromatic carboxylic acids is 1. The predicted octanol–water partition coefficient (Wildman–Crippen LogP) is 2.40. The van der Waals surface area contributed by atoms with E-state index in [1.807, 2.05) is 30.3 Å². The molecular formula is C20H23NO6. The van der Waals surface area contributed by atoms with E-state index >= 15 is 0 Å². The van der Waals surface area contributed by atoms with Gasteiger partial charge < -0.3 is 25.4 Å².